The molecule has 0 heterocycles. The zero-order valence-electron chi connectivity index (χ0n) is 15.4. The Morgan fingerprint density at radius 3 is 1.83 bits per heavy atom. The third kappa shape index (κ3) is 5.52. The summed E-state index contributed by atoms with van der Waals surface area (Å²) in [6, 6.07) is 22.3. The third-order valence-corrected chi connectivity index (χ3v) is 4.17. The smallest absolute Gasteiger partial charge is 0.420 e. The Labute approximate surface area is 166 Å². The van der Waals surface area contributed by atoms with Crippen LogP contribution in [-0.2, 0) is 25.8 Å². The van der Waals surface area contributed by atoms with Gasteiger partial charge < -0.3 is 9.47 Å². The minimum absolute atomic E-state index is 0.0372. The molecule has 0 saturated carbocycles. The number of benzene rings is 3. The Bertz CT molecular complexity index is 981. The summed E-state index contributed by atoms with van der Waals surface area (Å²) in [6.07, 6.45) is -4.81. The molecule has 0 saturated heterocycles. The van der Waals surface area contributed by atoms with Crippen LogP contribution in [0.5, 0.6) is 11.5 Å². The largest absolute Gasteiger partial charge is 0.485 e. The van der Waals surface area contributed by atoms with Crippen molar-refractivity contribution in [2.24, 2.45) is 0 Å². The van der Waals surface area contributed by atoms with E-state index in [1.54, 1.807) is 24.3 Å². The van der Waals surface area contributed by atoms with Crippen LogP contribution < -0.4 is 9.47 Å². The minimum atomic E-state index is -4.65. The molecule has 0 amide bonds. The zero-order chi connectivity index (χ0) is 20.7. The molecule has 0 N–H and O–H groups in total. The third-order valence-electron chi connectivity index (χ3n) is 4.17. The lowest BCUT2D eigenvalue weighted by Gasteiger charge is -2.19. The quantitative estimate of drug-likeness (QED) is 0.496. The lowest BCUT2D eigenvalue weighted by molar-refractivity contribution is -0.139. The average molecular weight is 397 g/mol. The summed E-state index contributed by atoms with van der Waals surface area (Å²) in [6.45, 7) is 0.0407. The molecule has 0 unspecified atom stereocenters. The van der Waals surface area contributed by atoms with E-state index in [0.29, 0.717) is 0 Å². The monoisotopic (exact) mass is 397 g/mol. The van der Waals surface area contributed by atoms with Gasteiger partial charge >= 0.3 is 6.18 Å². The van der Waals surface area contributed by atoms with Gasteiger partial charge in [-0.15, -0.1) is 0 Å². The van der Waals surface area contributed by atoms with Gasteiger partial charge in [0.1, 0.15) is 18.8 Å². The van der Waals surface area contributed by atoms with Gasteiger partial charge in [0.2, 0.25) is 0 Å². The molecule has 0 bridgehead atoms. The summed E-state index contributed by atoms with van der Waals surface area (Å²) >= 11 is 0. The topological polar surface area (TPSA) is 42.2 Å². The van der Waals surface area contributed by atoms with Crippen molar-refractivity contribution in [3.05, 3.63) is 95.1 Å². The van der Waals surface area contributed by atoms with E-state index in [1.165, 1.54) is 6.07 Å². The van der Waals surface area contributed by atoms with Gasteiger partial charge in [0.25, 0.3) is 0 Å². The first-order valence-electron chi connectivity index (χ1n) is 8.92. The number of nitrogens with zero attached hydrogens (tertiary/aromatic N) is 1. The Kier molecular flexibility index (Phi) is 6.40. The van der Waals surface area contributed by atoms with Crippen molar-refractivity contribution in [3.8, 4) is 17.6 Å². The highest BCUT2D eigenvalue weighted by atomic mass is 19.4. The molecule has 0 atom stereocenters. The van der Waals surface area contributed by atoms with Gasteiger partial charge in [0.15, 0.2) is 11.5 Å². The molecule has 0 aromatic heterocycles. The first-order chi connectivity index (χ1) is 14.0. The van der Waals surface area contributed by atoms with E-state index in [4.69, 9.17) is 14.7 Å². The number of hydrogen-bond donors (Lipinski definition) is 0. The number of nitriles is 1. The van der Waals surface area contributed by atoms with Crippen molar-refractivity contribution in [3.63, 3.8) is 0 Å². The Hall–Kier alpha value is -3.46. The molecular formula is C23H18F3NO2. The molecule has 3 aromatic carbocycles. The van der Waals surface area contributed by atoms with Crippen LogP contribution in [0.4, 0.5) is 13.2 Å². The molecule has 0 spiro atoms. The lowest BCUT2D eigenvalue weighted by Crippen LogP contribution is -2.11. The van der Waals surface area contributed by atoms with Crippen molar-refractivity contribution in [2.75, 3.05) is 0 Å². The van der Waals surface area contributed by atoms with Gasteiger partial charge in [0, 0.05) is 0 Å². The molecule has 0 aliphatic heterocycles. The molecule has 0 aliphatic carbocycles. The molecule has 3 nitrogen and oxygen atoms in total. The van der Waals surface area contributed by atoms with Crippen LogP contribution >= 0.6 is 0 Å². The SMILES string of the molecule is N#CCc1cc(OCc2ccccc2)c(OCc2ccccc2)c(C(F)(F)F)c1. The van der Waals surface area contributed by atoms with Gasteiger partial charge in [-0.3, -0.25) is 0 Å². The maximum atomic E-state index is 13.7. The van der Waals surface area contributed by atoms with Gasteiger partial charge in [-0.05, 0) is 28.8 Å². The molecule has 148 valence electrons. The molecule has 29 heavy (non-hydrogen) atoms. The Morgan fingerprint density at radius 2 is 1.31 bits per heavy atom. The van der Waals surface area contributed by atoms with Crippen molar-refractivity contribution in [2.45, 2.75) is 25.8 Å². The summed E-state index contributed by atoms with van der Waals surface area (Å²) in [5.74, 6) is -0.413. The predicted molar refractivity (Wildman–Crippen MR) is 102 cm³/mol. The second-order valence-corrected chi connectivity index (χ2v) is 6.35. The van der Waals surface area contributed by atoms with Crippen LogP contribution in [0.25, 0.3) is 0 Å². The van der Waals surface area contributed by atoms with Crippen molar-refractivity contribution in [1.82, 2.24) is 0 Å². The summed E-state index contributed by atoms with van der Waals surface area (Å²) in [7, 11) is 0. The maximum Gasteiger partial charge on any atom is 0.420 e. The Morgan fingerprint density at radius 1 is 0.759 bits per heavy atom. The molecule has 3 rings (SSSR count). The van der Waals surface area contributed by atoms with E-state index >= 15 is 0 Å². The number of ether oxygens (including phenoxy) is 2. The maximum absolute atomic E-state index is 13.7. The highest BCUT2D eigenvalue weighted by Gasteiger charge is 2.36. The molecule has 3 aromatic rings. The van der Waals surface area contributed by atoms with Crippen LogP contribution in [-0.4, -0.2) is 0 Å². The average Bonchev–Trinajstić information content (AvgIpc) is 2.72. The summed E-state index contributed by atoms with van der Waals surface area (Å²) < 4.78 is 52.4. The van der Waals surface area contributed by atoms with Crippen LogP contribution in [0.15, 0.2) is 72.8 Å². The van der Waals surface area contributed by atoms with Crippen molar-refractivity contribution >= 4 is 0 Å². The number of rotatable bonds is 7. The molecule has 0 aliphatic rings. The van der Waals surface area contributed by atoms with Gasteiger partial charge in [-0.1, -0.05) is 60.7 Å². The fraction of sp³-hybridized carbons (Fsp3) is 0.174. The first kappa shape index (κ1) is 20.3. The first-order valence-corrected chi connectivity index (χ1v) is 8.92. The highest BCUT2D eigenvalue weighted by Crippen LogP contribution is 2.43. The fourth-order valence-electron chi connectivity index (χ4n) is 2.78. The van der Waals surface area contributed by atoms with E-state index in [2.05, 4.69) is 0 Å². The second-order valence-electron chi connectivity index (χ2n) is 6.35. The Balaban J connectivity index is 1.97. The lowest BCUT2D eigenvalue weighted by atomic mass is 10.1. The van der Waals surface area contributed by atoms with Crippen molar-refractivity contribution in [1.29, 1.82) is 5.26 Å². The van der Waals surface area contributed by atoms with Crippen LogP contribution in [0.1, 0.15) is 22.3 Å². The van der Waals surface area contributed by atoms with Crippen LogP contribution in [0.3, 0.4) is 0 Å². The summed E-state index contributed by atoms with van der Waals surface area (Å²) in [5, 5.41) is 8.93. The van der Waals surface area contributed by atoms with E-state index in [1.807, 2.05) is 42.5 Å². The summed E-state index contributed by atoms with van der Waals surface area (Å²) in [5.41, 5.74) is 0.802. The van der Waals surface area contributed by atoms with Gasteiger partial charge in [-0.2, -0.15) is 18.4 Å². The van der Waals surface area contributed by atoms with Crippen molar-refractivity contribution < 1.29 is 22.6 Å². The number of hydrogen-bond acceptors (Lipinski definition) is 3. The minimum Gasteiger partial charge on any atom is -0.485 e. The van der Waals surface area contributed by atoms with Gasteiger partial charge in [0.05, 0.1) is 12.5 Å². The normalized spacial score (nSPS) is 11.0. The van der Waals surface area contributed by atoms with E-state index in [9.17, 15) is 13.2 Å². The zero-order valence-corrected chi connectivity index (χ0v) is 15.4. The van der Waals surface area contributed by atoms with Gasteiger partial charge in [-0.25, -0.2) is 0 Å². The fourth-order valence-corrected chi connectivity index (χ4v) is 2.78. The number of alkyl halides is 3. The van der Waals surface area contributed by atoms with Crippen LogP contribution in [0, 0.1) is 11.3 Å². The van der Waals surface area contributed by atoms with E-state index in [0.717, 1.165) is 17.2 Å². The molecule has 0 radical (unpaired) electrons. The van der Waals surface area contributed by atoms with E-state index in [-0.39, 0.29) is 36.7 Å². The molecular weight excluding hydrogens is 379 g/mol. The second kappa shape index (κ2) is 9.16. The van der Waals surface area contributed by atoms with E-state index < -0.39 is 11.7 Å². The molecule has 6 heteroatoms. The summed E-state index contributed by atoms with van der Waals surface area (Å²) in [4.78, 5) is 0. The number of halogens is 3. The van der Waals surface area contributed by atoms with Crippen LogP contribution in [0.2, 0.25) is 0 Å². The highest BCUT2D eigenvalue weighted by molar-refractivity contribution is 5.51. The standard InChI is InChI=1S/C23H18F3NO2/c24-23(25,26)20-13-19(11-12-27)14-21(28-15-17-7-3-1-4-8-17)22(20)29-16-18-9-5-2-6-10-18/h1-10,13-14H,11,15-16H2. The predicted octanol–water partition coefficient (Wildman–Crippen LogP) is 5.93. The molecule has 0 fully saturated rings.